The van der Waals surface area contributed by atoms with Gasteiger partial charge in [0.15, 0.2) is 9.84 Å². The molecule has 140 valence electrons. The summed E-state index contributed by atoms with van der Waals surface area (Å²) in [6.45, 7) is 0.637. The molecule has 1 fully saturated rings. The van der Waals surface area contributed by atoms with E-state index in [2.05, 4.69) is 0 Å². The zero-order valence-corrected chi connectivity index (χ0v) is 16.4. The van der Waals surface area contributed by atoms with Gasteiger partial charge in [0.05, 0.1) is 16.0 Å². The highest BCUT2D eigenvalue weighted by Crippen LogP contribution is 2.32. The second-order valence-electron chi connectivity index (χ2n) is 6.29. The Morgan fingerprint density at radius 2 is 2.12 bits per heavy atom. The van der Waals surface area contributed by atoms with Gasteiger partial charge in [-0.15, -0.1) is 11.3 Å². The number of aryl methyl sites for hydroxylation is 1. The van der Waals surface area contributed by atoms with Gasteiger partial charge in [-0.3, -0.25) is 4.79 Å². The number of sulfone groups is 1. The predicted molar refractivity (Wildman–Crippen MR) is 102 cm³/mol. The first-order chi connectivity index (χ1) is 12.4. The molecule has 1 aromatic heterocycles. The lowest BCUT2D eigenvalue weighted by Gasteiger charge is -2.20. The molecule has 1 aromatic carbocycles. The Labute approximate surface area is 161 Å². The minimum absolute atomic E-state index is 0.0241. The number of hydrogen-bond acceptors (Lipinski definition) is 4. The Morgan fingerprint density at radius 1 is 1.31 bits per heavy atom. The van der Waals surface area contributed by atoms with Crippen LogP contribution in [0.15, 0.2) is 35.7 Å². The summed E-state index contributed by atoms with van der Waals surface area (Å²) in [5.74, 6) is -0.601. The van der Waals surface area contributed by atoms with E-state index in [1.807, 2.05) is 17.5 Å². The number of benzene rings is 1. The summed E-state index contributed by atoms with van der Waals surface area (Å²) < 4.78 is 38.3. The molecule has 26 heavy (non-hydrogen) atoms. The zero-order valence-electron chi connectivity index (χ0n) is 14.0. The minimum atomic E-state index is -3.27. The number of nitrogens with zero attached hydrogens (tertiary/aromatic N) is 1. The lowest BCUT2D eigenvalue weighted by Crippen LogP contribution is -2.33. The third-order valence-corrected chi connectivity index (χ3v) is 8.10. The molecule has 0 saturated carbocycles. The second-order valence-corrected chi connectivity index (χ2v) is 9.98. The lowest BCUT2D eigenvalue weighted by molar-refractivity contribution is -0.130. The van der Waals surface area contributed by atoms with Crippen LogP contribution in [0.2, 0.25) is 5.02 Å². The molecule has 3 rings (SSSR count). The Hall–Kier alpha value is -1.44. The predicted octanol–water partition coefficient (Wildman–Crippen LogP) is 3.86. The van der Waals surface area contributed by atoms with Gasteiger partial charge in [-0.25, -0.2) is 12.8 Å². The van der Waals surface area contributed by atoms with E-state index < -0.39 is 20.9 Å². The highest BCUT2D eigenvalue weighted by Gasteiger charge is 2.33. The van der Waals surface area contributed by atoms with Crippen LogP contribution in [-0.2, 0) is 21.1 Å². The molecule has 4 nitrogen and oxygen atoms in total. The van der Waals surface area contributed by atoms with Crippen molar-refractivity contribution < 1.29 is 17.6 Å². The fraction of sp³-hybridized carbons (Fsp3) is 0.389. The van der Waals surface area contributed by atoms with Crippen molar-refractivity contribution in [1.82, 2.24) is 4.90 Å². The molecule has 1 amide bonds. The summed E-state index contributed by atoms with van der Waals surface area (Å²) in [5, 5.41) is 1.37. The van der Waals surface area contributed by atoms with Crippen molar-refractivity contribution in [2.45, 2.75) is 24.5 Å². The van der Waals surface area contributed by atoms with Crippen LogP contribution >= 0.6 is 22.9 Å². The Kier molecular flexibility index (Phi) is 5.99. The highest BCUT2D eigenvalue weighted by molar-refractivity contribution is 7.91. The van der Waals surface area contributed by atoms with E-state index in [-0.39, 0.29) is 29.6 Å². The molecule has 0 bridgehead atoms. The van der Waals surface area contributed by atoms with Gasteiger partial charge in [0, 0.05) is 24.4 Å². The van der Waals surface area contributed by atoms with Gasteiger partial charge in [0.2, 0.25) is 5.91 Å². The van der Waals surface area contributed by atoms with Crippen LogP contribution in [0.4, 0.5) is 4.39 Å². The van der Waals surface area contributed by atoms with Gasteiger partial charge in [0.25, 0.3) is 0 Å². The minimum Gasteiger partial charge on any atom is -0.342 e. The second kappa shape index (κ2) is 8.06. The monoisotopic (exact) mass is 415 g/mol. The van der Waals surface area contributed by atoms with Crippen molar-refractivity contribution >= 4 is 38.7 Å². The average Bonchev–Trinajstić information content (AvgIpc) is 3.07. The van der Waals surface area contributed by atoms with Gasteiger partial charge in [-0.05, 0) is 42.0 Å². The van der Waals surface area contributed by atoms with Crippen molar-refractivity contribution in [2.75, 3.05) is 18.8 Å². The third-order valence-electron chi connectivity index (χ3n) is 4.57. The number of carbonyl (C=O) groups is 1. The molecule has 1 saturated heterocycles. The number of hydrogen-bond donors (Lipinski definition) is 0. The Bertz CT molecular complexity index is 884. The third kappa shape index (κ3) is 4.45. The lowest BCUT2D eigenvalue weighted by atomic mass is 10.1. The first kappa shape index (κ1) is 19.3. The first-order valence-corrected chi connectivity index (χ1v) is 11.3. The standard InChI is InChI=1S/C18H19ClFNO3S2/c19-14-12-13(3-5-15(14)20)4-6-18(22)21-8-7-17(16-2-1-10-25-16)26(23,24)11-9-21/h1-3,5,10,12,17H,4,6-9,11H2/t17-/m0/s1. The van der Waals surface area contributed by atoms with E-state index in [0.717, 1.165) is 10.4 Å². The normalized spacial score (nSPS) is 19.9. The van der Waals surface area contributed by atoms with Crippen molar-refractivity contribution in [3.8, 4) is 0 Å². The molecule has 0 N–H and O–H groups in total. The molecule has 1 aliphatic heterocycles. The molecule has 0 unspecified atom stereocenters. The van der Waals surface area contributed by atoms with Gasteiger partial charge in [-0.1, -0.05) is 23.7 Å². The summed E-state index contributed by atoms with van der Waals surface area (Å²) in [7, 11) is -3.27. The highest BCUT2D eigenvalue weighted by atomic mass is 35.5. The van der Waals surface area contributed by atoms with Crippen LogP contribution in [0.25, 0.3) is 0 Å². The van der Waals surface area contributed by atoms with E-state index >= 15 is 0 Å². The number of amides is 1. The maximum Gasteiger partial charge on any atom is 0.222 e. The fourth-order valence-corrected chi connectivity index (χ4v) is 6.30. The van der Waals surface area contributed by atoms with Crippen LogP contribution in [0.3, 0.4) is 0 Å². The smallest absolute Gasteiger partial charge is 0.222 e. The largest absolute Gasteiger partial charge is 0.342 e. The summed E-state index contributed by atoms with van der Waals surface area (Å²) in [6, 6.07) is 8.09. The molecule has 1 atom stereocenters. The van der Waals surface area contributed by atoms with E-state index in [1.54, 1.807) is 11.0 Å². The van der Waals surface area contributed by atoms with Crippen molar-refractivity contribution in [3.63, 3.8) is 0 Å². The van der Waals surface area contributed by atoms with Gasteiger partial charge >= 0.3 is 0 Å². The molecule has 0 aliphatic carbocycles. The van der Waals surface area contributed by atoms with Gasteiger partial charge in [0.1, 0.15) is 5.82 Å². The van der Waals surface area contributed by atoms with Gasteiger partial charge in [-0.2, -0.15) is 0 Å². The fourth-order valence-electron chi connectivity index (χ4n) is 3.09. The summed E-state index contributed by atoms with van der Waals surface area (Å²) in [4.78, 5) is 15.0. The quantitative estimate of drug-likeness (QED) is 0.761. The number of carbonyl (C=O) groups excluding carboxylic acids is 1. The van der Waals surface area contributed by atoms with E-state index in [0.29, 0.717) is 19.4 Å². The summed E-state index contributed by atoms with van der Waals surface area (Å²) in [6.07, 6.45) is 1.10. The van der Waals surface area contributed by atoms with E-state index in [9.17, 15) is 17.6 Å². The van der Waals surface area contributed by atoms with Crippen LogP contribution in [0.5, 0.6) is 0 Å². The van der Waals surface area contributed by atoms with Crippen LogP contribution in [-0.4, -0.2) is 38.1 Å². The number of rotatable bonds is 4. The maximum atomic E-state index is 13.2. The molecular formula is C18H19ClFNO3S2. The number of halogens is 2. The number of thiophene rings is 1. The van der Waals surface area contributed by atoms with E-state index in [1.165, 1.54) is 23.5 Å². The average molecular weight is 416 g/mol. The molecule has 8 heteroatoms. The van der Waals surface area contributed by atoms with Crippen LogP contribution < -0.4 is 0 Å². The molecule has 2 heterocycles. The molecule has 2 aromatic rings. The van der Waals surface area contributed by atoms with Crippen LogP contribution in [0.1, 0.15) is 28.5 Å². The van der Waals surface area contributed by atoms with Crippen molar-refractivity contribution in [1.29, 1.82) is 0 Å². The zero-order chi connectivity index (χ0) is 18.7. The molecule has 0 radical (unpaired) electrons. The first-order valence-electron chi connectivity index (χ1n) is 8.33. The van der Waals surface area contributed by atoms with Crippen molar-refractivity contribution in [3.05, 3.63) is 57.0 Å². The van der Waals surface area contributed by atoms with E-state index in [4.69, 9.17) is 11.6 Å². The topological polar surface area (TPSA) is 54.5 Å². The van der Waals surface area contributed by atoms with Crippen molar-refractivity contribution in [2.24, 2.45) is 0 Å². The Balaban J connectivity index is 1.63. The van der Waals surface area contributed by atoms with Crippen LogP contribution in [0, 0.1) is 5.82 Å². The Morgan fingerprint density at radius 3 is 2.81 bits per heavy atom. The summed E-state index contributed by atoms with van der Waals surface area (Å²) >= 11 is 7.19. The molecular weight excluding hydrogens is 397 g/mol. The van der Waals surface area contributed by atoms with Gasteiger partial charge < -0.3 is 4.90 Å². The summed E-state index contributed by atoms with van der Waals surface area (Å²) in [5.41, 5.74) is 0.781. The maximum absolute atomic E-state index is 13.2. The SMILES string of the molecule is O=C(CCc1ccc(F)c(Cl)c1)N1CC[C@@H](c2cccs2)S(=O)(=O)CC1. The molecule has 1 aliphatic rings. The molecule has 0 spiro atoms.